The van der Waals surface area contributed by atoms with E-state index in [0.29, 0.717) is 6.07 Å². The van der Waals surface area contributed by atoms with E-state index >= 15 is 0 Å². The molecule has 0 unspecified atom stereocenters. The summed E-state index contributed by atoms with van der Waals surface area (Å²) in [5.74, 6) is -5.43. The minimum absolute atomic E-state index is 0.399. The van der Waals surface area contributed by atoms with Crippen molar-refractivity contribution in [2.75, 3.05) is 5.32 Å². The van der Waals surface area contributed by atoms with E-state index in [0.717, 1.165) is 0 Å². The van der Waals surface area contributed by atoms with Crippen LogP contribution in [0, 0.1) is 27.6 Å². The molecule has 0 fully saturated rings. The summed E-state index contributed by atoms with van der Waals surface area (Å²) in [5, 5.41) is 12.0. The number of anilines is 1. The number of nitro groups is 1. The maximum Gasteiger partial charge on any atom is 0.331 e. The average molecular weight is 251 g/mol. The van der Waals surface area contributed by atoms with Gasteiger partial charge in [-0.15, -0.1) is 0 Å². The number of nitro benzene ring substituents is 1. The zero-order valence-corrected chi connectivity index (χ0v) is 8.28. The topological polar surface area (TPSA) is 81.2 Å². The van der Waals surface area contributed by atoms with Crippen LogP contribution in [-0.2, 0) is 0 Å². The summed E-state index contributed by atoms with van der Waals surface area (Å²) in [5.41, 5.74) is 3.09. The van der Waals surface area contributed by atoms with E-state index in [1.807, 2.05) is 5.32 Å². The fourth-order valence-corrected chi connectivity index (χ4v) is 1.10. The molecule has 0 amide bonds. The average Bonchev–Trinajstić information content (AvgIpc) is 2.12. The Morgan fingerprint density at radius 1 is 1.44 bits per heavy atom. The lowest BCUT2D eigenvalue weighted by molar-refractivity contribution is -0.386. The molecule has 3 N–H and O–H groups in total. The van der Waals surface area contributed by atoms with Crippen LogP contribution in [-0.4, -0.2) is 10.0 Å². The van der Waals surface area contributed by atoms with Crippen molar-refractivity contribution in [3.63, 3.8) is 0 Å². The molecule has 1 aromatic rings. The predicted octanol–water partition coefficient (Wildman–Crippen LogP) is 1.67. The van der Waals surface area contributed by atoms with E-state index < -0.39 is 38.9 Å². The normalized spacial score (nSPS) is 9.94. The Kier molecular flexibility index (Phi) is 3.28. The number of hydrogen-bond donors (Lipinski definition) is 2. The first-order chi connectivity index (χ1) is 7.34. The van der Waals surface area contributed by atoms with Crippen molar-refractivity contribution in [2.45, 2.75) is 0 Å². The van der Waals surface area contributed by atoms with Gasteiger partial charge in [-0.05, 0) is 12.2 Å². The molecule has 9 heteroatoms. The van der Waals surface area contributed by atoms with E-state index in [-0.39, 0.29) is 0 Å². The van der Waals surface area contributed by atoms with Crippen LogP contribution in [0.1, 0.15) is 0 Å². The van der Waals surface area contributed by atoms with E-state index in [9.17, 15) is 23.3 Å². The van der Waals surface area contributed by atoms with Gasteiger partial charge in [-0.25, -0.2) is 8.78 Å². The third-order valence-electron chi connectivity index (χ3n) is 1.58. The molecule has 0 saturated heterocycles. The Labute approximate surface area is 92.2 Å². The smallest absolute Gasteiger partial charge is 0.331 e. The van der Waals surface area contributed by atoms with Gasteiger partial charge in [0.05, 0.1) is 4.92 Å². The van der Waals surface area contributed by atoms with Gasteiger partial charge in [-0.2, -0.15) is 4.39 Å². The van der Waals surface area contributed by atoms with E-state index in [4.69, 9.17) is 5.73 Å². The molecule has 5 nitrogen and oxygen atoms in total. The van der Waals surface area contributed by atoms with Crippen molar-refractivity contribution < 1.29 is 18.1 Å². The summed E-state index contributed by atoms with van der Waals surface area (Å²) in [4.78, 5) is 9.23. The van der Waals surface area contributed by atoms with E-state index in [1.165, 1.54) is 0 Å². The van der Waals surface area contributed by atoms with Crippen LogP contribution in [0.4, 0.5) is 24.5 Å². The van der Waals surface area contributed by atoms with Gasteiger partial charge in [0.15, 0.2) is 10.9 Å². The summed E-state index contributed by atoms with van der Waals surface area (Å²) in [6.07, 6.45) is 0. The van der Waals surface area contributed by atoms with Crippen molar-refractivity contribution in [1.29, 1.82) is 0 Å². The van der Waals surface area contributed by atoms with Gasteiger partial charge in [0, 0.05) is 6.07 Å². The minimum atomic E-state index is -1.93. The maximum absolute atomic E-state index is 13.0. The molecule has 16 heavy (non-hydrogen) atoms. The van der Waals surface area contributed by atoms with Crippen LogP contribution in [0.25, 0.3) is 0 Å². The van der Waals surface area contributed by atoms with Gasteiger partial charge in [0.2, 0.25) is 11.6 Å². The molecule has 0 bridgehead atoms. The molecule has 0 aliphatic heterocycles. The molecular formula is C7H4F3N3O2S. The lowest BCUT2D eigenvalue weighted by Gasteiger charge is -2.06. The third-order valence-corrected chi connectivity index (χ3v) is 1.68. The molecule has 0 aliphatic carbocycles. The Hall–Kier alpha value is -1.90. The first-order valence-electron chi connectivity index (χ1n) is 3.73. The lowest BCUT2D eigenvalue weighted by atomic mass is 10.2. The van der Waals surface area contributed by atoms with Crippen molar-refractivity contribution >= 4 is 28.7 Å². The molecule has 0 spiro atoms. The molecule has 1 rings (SSSR count). The summed E-state index contributed by atoms with van der Waals surface area (Å²) < 4.78 is 38.5. The Bertz CT molecular complexity index is 480. The van der Waals surface area contributed by atoms with Crippen molar-refractivity contribution in [2.24, 2.45) is 5.73 Å². The summed E-state index contributed by atoms with van der Waals surface area (Å²) >= 11 is 4.35. The van der Waals surface area contributed by atoms with Gasteiger partial charge in [0.25, 0.3) is 0 Å². The first-order valence-corrected chi connectivity index (χ1v) is 4.13. The molecule has 0 saturated carbocycles. The Morgan fingerprint density at radius 3 is 2.44 bits per heavy atom. The Morgan fingerprint density at radius 2 is 2.00 bits per heavy atom. The van der Waals surface area contributed by atoms with Crippen molar-refractivity contribution in [3.8, 4) is 0 Å². The summed E-state index contributed by atoms with van der Waals surface area (Å²) in [7, 11) is 0. The third kappa shape index (κ3) is 2.19. The molecule has 0 atom stereocenters. The van der Waals surface area contributed by atoms with Gasteiger partial charge in [-0.1, -0.05) is 0 Å². The van der Waals surface area contributed by atoms with E-state index in [1.54, 1.807) is 0 Å². The van der Waals surface area contributed by atoms with Gasteiger partial charge in [0.1, 0.15) is 5.69 Å². The van der Waals surface area contributed by atoms with Crippen molar-refractivity contribution in [1.82, 2.24) is 0 Å². The highest BCUT2D eigenvalue weighted by atomic mass is 32.1. The van der Waals surface area contributed by atoms with Crippen LogP contribution in [0.2, 0.25) is 0 Å². The zero-order chi connectivity index (χ0) is 12.5. The number of thiocarbonyl (C=S) groups is 1. The highest BCUT2D eigenvalue weighted by molar-refractivity contribution is 7.80. The second-order valence-electron chi connectivity index (χ2n) is 2.63. The predicted molar refractivity (Wildman–Crippen MR) is 53.4 cm³/mol. The number of nitrogens with zero attached hydrogens (tertiary/aromatic N) is 1. The zero-order valence-electron chi connectivity index (χ0n) is 7.46. The maximum atomic E-state index is 13.0. The summed E-state index contributed by atoms with van der Waals surface area (Å²) in [6.45, 7) is 0. The van der Waals surface area contributed by atoms with Gasteiger partial charge >= 0.3 is 5.69 Å². The first kappa shape index (κ1) is 12.2. The van der Waals surface area contributed by atoms with Crippen LogP contribution in [0.5, 0.6) is 0 Å². The molecule has 86 valence electrons. The molecular weight excluding hydrogens is 247 g/mol. The highest BCUT2D eigenvalue weighted by Gasteiger charge is 2.27. The van der Waals surface area contributed by atoms with Crippen LogP contribution in [0.3, 0.4) is 0 Å². The van der Waals surface area contributed by atoms with Gasteiger partial charge in [-0.3, -0.25) is 10.1 Å². The van der Waals surface area contributed by atoms with Crippen LogP contribution in [0.15, 0.2) is 6.07 Å². The largest absolute Gasteiger partial charge is 0.376 e. The minimum Gasteiger partial charge on any atom is -0.376 e. The number of rotatable bonds is 2. The molecule has 0 radical (unpaired) electrons. The molecule has 0 aromatic heterocycles. The van der Waals surface area contributed by atoms with E-state index in [2.05, 4.69) is 12.2 Å². The number of hydrogen-bond acceptors (Lipinski definition) is 3. The van der Waals surface area contributed by atoms with Crippen LogP contribution < -0.4 is 11.1 Å². The van der Waals surface area contributed by atoms with Crippen molar-refractivity contribution in [3.05, 3.63) is 33.6 Å². The summed E-state index contributed by atoms with van der Waals surface area (Å²) in [6, 6.07) is 0.399. The van der Waals surface area contributed by atoms with Gasteiger partial charge < -0.3 is 11.1 Å². The Balaban J connectivity index is 3.46. The number of nitrogens with two attached hydrogens (primary N) is 1. The lowest BCUT2D eigenvalue weighted by Crippen LogP contribution is -2.20. The fraction of sp³-hybridized carbons (Fsp3) is 0. The monoisotopic (exact) mass is 251 g/mol. The second-order valence-corrected chi connectivity index (χ2v) is 3.07. The van der Waals surface area contributed by atoms with Crippen LogP contribution >= 0.6 is 12.2 Å². The fourth-order valence-electron chi connectivity index (χ4n) is 0.992. The highest BCUT2D eigenvalue weighted by Crippen LogP contribution is 2.31. The number of nitrogens with one attached hydrogen (secondary N) is 1. The molecule has 1 aromatic carbocycles. The molecule has 0 aliphatic rings. The number of benzene rings is 1. The number of halogens is 3. The standard InChI is InChI=1S/C7H4F3N3O2S/c8-2-1-3(12-7(11)16)6(13(14)15)5(10)4(2)9/h1H,(H3,11,12,16). The quantitative estimate of drug-likeness (QED) is 0.361. The molecule has 0 heterocycles. The second kappa shape index (κ2) is 4.31. The SMILES string of the molecule is NC(=S)Nc1cc(F)c(F)c(F)c1[N+](=O)[O-].